The largest absolute Gasteiger partial charge is 0.294 e. The third kappa shape index (κ3) is 2.54. The summed E-state index contributed by atoms with van der Waals surface area (Å²) >= 11 is 7.62. The van der Waals surface area contributed by atoms with E-state index in [9.17, 15) is 0 Å². The van der Waals surface area contributed by atoms with Gasteiger partial charge in [-0.05, 0) is 31.0 Å². The van der Waals surface area contributed by atoms with Crippen molar-refractivity contribution in [2.45, 2.75) is 19.3 Å². The molecular formula is C12H14ClN3S. The molecule has 2 heterocycles. The van der Waals surface area contributed by atoms with Crippen LogP contribution >= 0.6 is 22.9 Å². The number of hydrogen-bond acceptors (Lipinski definition) is 4. The fourth-order valence-corrected chi connectivity index (χ4v) is 3.26. The molecule has 1 aliphatic heterocycles. The topological polar surface area (TPSA) is 28.2 Å². The average molecular weight is 268 g/mol. The first-order chi connectivity index (χ1) is 8.31. The zero-order valence-electron chi connectivity index (χ0n) is 9.45. The summed E-state index contributed by atoms with van der Waals surface area (Å²) < 4.78 is 1.14. The number of fused-ring (bicyclic) bond motifs is 1. The molecule has 0 spiro atoms. The second kappa shape index (κ2) is 4.80. The average Bonchev–Trinajstić information content (AvgIpc) is 2.71. The molecule has 0 amide bonds. The maximum atomic E-state index is 5.97. The van der Waals surface area contributed by atoms with Crippen LogP contribution in [0.2, 0.25) is 5.02 Å². The van der Waals surface area contributed by atoms with Crippen molar-refractivity contribution in [2.24, 2.45) is 0 Å². The van der Waals surface area contributed by atoms with Gasteiger partial charge in [0.15, 0.2) is 5.13 Å². The molecule has 2 aromatic rings. The van der Waals surface area contributed by atoms with E-state index in [2.05, 4.69) is 15.4 Å². The van der Waals surface area contributed by atoms with E-state index in [-0.39, 0.29) is 0 Å². The van der Waals surface area contributed by atoms with Gasteiger partial charge in [0.2, 0.25) is 0 Å². The third-order valence-electron chi connectivity index (χ3n) is 2.96. The van der Waals surface area contributed by atoms with Crippen LogP contribution in [0.1, 0.15) is 19.3 Å². The Morgan fingerprint density at radius 3 is 2.88 bits per heavy atom. The van der Waals surface area contributed by atoms with Crippen molar-refractivity contribution < 1.29 is 0 Å². The summed E-state index contributed by atoms with van der Waals surface area (Å²) in [6, 6.07) is 5.82. The van der Waals surface area contributed by atoms with Gasteiger partial charge in [0.1, 0.15) is 0 Å². The Balaban J connectivity index is 1.80. The van der Waals surface area contributed by atoms with Gasteiger partial charge in [0, 0.05) is 18.1 Å². The van der Waals surface area contributed by atoms with E-state index in [4.69, 9.17) is 11.6 Å². The van der Waals surface area contributed by atoms with Crippen molar-refractivity contribution in [2.75, 3.05) is 18.5 Å². The molecule has 0 radical (unpaired) electrons. The van der Waals surface area contributed by atoms with Crippen LogP contribution in [0, 0.1) is 0 Å². The number of piperidine rings is 1. The summed E-state index contributed by atoms with van der Waals surface area (Å²) in [6.45, 7) is 2.22. The molecule has 1 N–H and O–H groups in total. The highest BCUT2D eigenvalue weighted by molar-refractivity contribution is 7.22. The van der Waals surface area contributed by atoms with Gasteiger partial charge < -0.3 is 0 Å². The number of hydrazine groups is 1. The summed E-state index contributed by atoms with van der Waals surface area (Å²) in [5.74, 6) is 0. The van der Waals surface area contributed by atoms with Gasteiger partial charge in [-0.2, -0.15) is 0 Å². The van der Waals surface area contributed by atoms with Crippen molar-refractivity contribution in [3.05, 3.63) is 23.2 Å². The highest BCUT2D eigenvalue weighted by atomic mass is 35.5. The Morgan fingerprint density at radius 1 is 1.24 bits per heavy atom. The molecule has 1 aliphatic rings. The first-order valence-corrected chi connectivity index (χ1v) is 7.08. The minimum atomic E-state index is 0.769. The van der Waals surface area contributed by atoms with Gasteiger partial charge in [-0.25, -0.2) is 9.99 Å². The van der Waals surface area contributed by atoms with E-state index in [0.29, 0.717) is 0 Å². The zero-order chi connectivity index (χ0) is 11.7. The van der Waals surface area contributed by atoms with Crippen LogP contribution in [0.25, 0.3) is 10.2 Å². The third-order valence-corrected chi connectivity index (χ3v) is 4.12. The Kier molecular flexibility index (Phi) is 3.18. The maximum Gasteiger partial charge on any atom is 0.198 e. The number of thiazole rings is 1. The van der Waals surface area contributed by atoms with Crippen molar-refractivity contribution in [3.63, 3.8) is 0 Å². The lowest BCUT2D eigenvalue weighted by Gasteiger charge is -2.26. The van der Waals surface area contributed by atoms with Crippen LogP contribution in [0.3, 0.4) is 0 Å². The van der Waals surface area contributed by atoms with Crippen LogP contribution in [-0.2, 0) is 0 Å². The summed E-state index contributed by atoms with van der Waals surface area (Å²) in [5.41, 5.74) is 4.40. The summed E-state index contributed by atoms with van der Waals surface area (Å²) in [7, 11) is 0. The van der Waals surface area contributed by atoms with Crippen LogP contribution in [-0.4, -0.2) is 23.1 Å². The second-order valence-electron chi connectivity index (χ2n) is 4.29. The van der Waals surface area contributed by atoms with Gasteiger partial charge in [-0.3, -0.25) is 5.43 Å². The number of rotatable bonds is 2. The Labute approximate surface area is 109 Å². The Morgan fingerprint density at radius 2 is 2.06 bits per heavy atom. The lowest BCUT2D eigenvalue weighted by Crippen LogP contribution is -2.34. The molecule has 1 fully saturated rings. The van der Waals surface area contributed by atoms with Gasteiger partial charge in [-0.15, -0.1) is 0 Å². The number of anilines is 1. The normalized spacial score (nSPS) is 17.5. The smallest absolute Gasteiger partial charge is 0.198 e. The number of aromatic nitrogens is 1. The fraction of sp³-hybridized carbons (Fsp3) is 0.417. The molecule has 1 aromatic carbocycles. The van der Waals surface area contributed by atoms with Crippen molar-refractivity contribution in [1.82, 2.24) is 9.99 Å². The van der Waals surface area contributed by atoms with E-state index in [0.717, 1.165) is 33.5 Å². The van der Waals surface area contributed by atoms with E-state index < -0.39 is 0 Å². The molecule has 0 atom stereocenters. The molecule has 1 saturated heterocycles. The molecular weight excluding hydrogens is 254 g/mol. The molecule has 17 heavy (non-hydrogen) atoms. The Bertz CT molecular complexity index is 519. The van der Waals surface area contributed by atoms with Crippen LogP contribution < -0.4 is 5.43 Å². The van der Waals surface area contributed by atoms with E-state index in [1.54, 1.807) is 11.3 Å². The number of nitrogens with one attached hydrogen (secondary N) is 1. The van der Waals surface area contributed by atoms with Crippen molar-refractivity contribution in [1.29, 1.82) is 0 Å². The number of hydrogen-bond donors (Lipinski definition) is 1. The lowest BCUT2D eigenvalue weighted by molar-refractivity contribution is 0.273. The number of benzene rings is 1. The first kappa shape index (κ1) is 11.3. The SMILES string of the molecule is Clc1ccc2nc(NN3CCCCC3)sc2c1. The zero-order valence-corrected chi connectivity index (χ0v) is 11.0. The minimum Gasteiger partial charge on any atom is -0.294 e. The molecule has 1 aromatic heterocycles. The molecule has 0 unspecified atom stereocenters. The fourth-order valence-electron chi connectivity index (χ4n) is 2.09. The summed E-state index contributed by atoms with van der Waals surface area (Å²) in [5, 5.41) is 3.98. The van der Waals surface area contributed by atoms with Gasteiger partial charge in [0.05, 0.1) is 10.2 Å². The quantitative estimate of drug-likeness (QED) is 0.898. The number of nitrogens with zero attached hydrogens (tertiary/aromatic N) is 2. The molecule has 3 nitrogen and oxygen atoms in total. The molecule has 0 aliphatic carbocycles. The molecule has 3 rings (SSSR count). The van der Waals surface area contributed by atoms with Crippen molar-refractivity contribution in [3.8, 4) is 0 Å². The summed E-state index contributed by atoms with van der Waals surface area (Å²) in [4.78, 5) is 4.56. The van der Waals surface area contributed by atoms with Crippen LogP contribution in [0.15, 0.2) is 18.2 Å². The predicted octanol–water partition coefficient (Wildman–Crippen LogP) is 3.76. The molecule has 90 valence electrons. The van der Waals surface area contributed by atoms with Gasteiger partial charge >= 0.3 is 0 Å². The first-order valence-electron chi connectivity index (χ1n) is 5.89. The standard InChI is InChI=1S/C12H14ClN3S/c13-9-4-5-10-11(8-9)17-12(14-10)15-16-6-2-1-3-7-16/h4-5,8H,1-3,6-7H2,(H,14,15). The van der Waals surface area contributed by atoms with Crippen molar-refractivity contribution >= 4 is 38.3 Å². The summed E-state index contributed by atoms with van der Waals surface area (Å²) in [6.07, 6.45) is 3.88. The molecule has 5 heteroatoms. The van der Waals surface area contributed by atoms with Crippen LogP contribution in [0.5, 0.6) is 0 Å². The minimum absolute atomic E-state index is 0.769. The highest BCUT2D eigenvalue weighted by Gasteiger charge is 2.12. The van der Waals surface area contributed by atoms with Gasteiger partial charge in [0.25, 0.3) is 0 Å². The molecule has 0 bridgehead atoms. The lowest BCUT2D eigenvalue weighted by atomic mass is 10.2. The van der Waals surface area contributed by atoms with E-state index in [1.165, 1.54) is 19.3 Å². The monoisotopic (exact) mass is 267 g/mol. The maximum absolute atomic E-state index is 5.97. The second-order valence-corrected chi connectivity index (χ2v) is 5.76. The van der Waals surface area contributed by atoms with E-state index >= 15 is 0 Å². The number of halogens is 1. The molecule has 0 saturated carbocycles. The highest BCUT2D eigenvalue weighted by Crippen LogP contribution is 2.28. The Hall–Kier alpha value is -0.840. The van der Waals surface area contributed by atoms with Gasteiger partial charge in [-0.1, -0.05) is 29.4 Å². The van der Waals surface area contributed by atoms with Crippen LogP contribution in [0.4, 0.5) is 5.13 Å². The van der Waals surface area contributed by atoms with E-state index in [1.807, 2.05) is 18.2 Å². The predicted molar refractivity (Wildman–Crippen MR) is 73.7 cm³/mol.